The van der Waals surface area contributed by atoms with E-state index < -0.39 is 11.7 Å². The van der Waals surface area contributed by atoms with Gasteiger partial charge >= 0.3 is 6.18 Å². The fraction of sp³-hybridized carbons (Fsp3) is 0.231. The molecule has 3 aromatic carbocycles. The van der Waals surface area contributed by atoms with Crippen LogP contribution in [0.2, 0.25) is 0 Å². The van der Waals surface area contributed by atoms with E-state index in [-0.39, 0.29) is 11.5 Å². The number of benzene rings is 3. The van der Waals surface area contributed by atoms with Gasteiger partial charge in [-0.05, 0) is 55.5 Å². The largest absolute Gasteiger partial charge is 0.454 e. The molecule has 2 aliphatic heterocycles. The zero-order valence-electron chi connectivity index (χ0n) is 18.5. The second kappa shape index (κ2) is 8.52. The molecule has 3 aromatic rings. The first-order valence-corrected chi connectivity index (χ1v) is 11.0. The SMILES string of the molecule is Cc1ccc2c(c1)C(N1CCN(C(=O)c3ccc(C(F)(F)F)cc3)CC1)=Nc1ccccc1O2. The van der Waals surface area contributed by atoms with Gasteiger partial charge < -0.3 is 14.5 Å². The molecule has 0 radical (unpaired) electrons. The lowest BCUT2D eigenvalue weighted by molar-refractivity contribution is -0.137. The number of hydrogen-bond donors (Lipinski definition) is 0. The number of fused-ring (bicyclic) bond motifs is 2. The van der Waals surface area contributed by atoms with Crippen LogP contribution in [0.5, 0.6) is 11.5 Å². The van der Waals surface area contributed by atoms with E-state index in [0.717, 1.165) is 40.5 Å². The van der Waals surface area contributed by atoms with Gasteiger partial charge in [-0.3, -0.25) is 4.79 Å². The van der Waals surface area contributed by atoms with Crippen LogP contribution in [0, 0.1) is 6.92 Å². The first kappa shape index (κ1) is 22.0. The maximum absolute atomic E-state index is 12.9. The first-order chi connectivity index (χ1) is 16.3. The van der Waals surface area contributed by atoms with Crippen LogP contribution < -0.4 is 4.74 Å². The summed E-state index contributed by atoms with van der Waals surface area (Å²) >= 11 is 0. The van der Waals surface area contributed by atoms with E-state index >= 15 is 0 Å². The highest BCUT2D eigenvalue weighted by molar-refractivity contribution is 6.04. The lowest BCUT2D eigenvalue weighted by atomic mass is 10.1. The highest BCUT2D eigenvalue weighted by atomic mass is 19.4. The maximum atomic E-state index is 12.9. The number of para-hydroxylation sites is 2. The van der Waals surface area contributed by atoms with E-state index in [4.69, 9.17) is 9.73 Å². The molecule has 2 aliphatic rings. The number of alkyl halides is 3. The first-order valence-electron chi connectivity index (χ1n) is 11.0. The second-order valence-electron chi connectivity index (χ2n) is 8.36. The third-order valence-corrected chi connectivity index (χ3v) is 6.01. The van der Waals surface area contributed by atoms with Gasteiger partial charge in [0.05, 0.1) is 11.1 Å². The van der Waals surface area contributed by atoms with Crippen molar-refractivity contribution in [2.75, 3.05) is 26.2 Å². The Labute approximate surface area is 195 Å². The highest BCUT2D eigenvalue weighted by Gasteiger charge is 2.31. The normalized spacial score (nSPS) is 15.6. The summed E-state index contributed by atoms with van der Waals surface area (Å²) in [5.74, 6) is 1.91. The number of halogens is 3. The molecule has 0 atom stereocenters. The Morgan fingerprint density at radius 3 is 2.32 bits per heavy atom. The quantitative estimate of drug-likeness (QED) is 0.466. The number of piperazine rings is 1. The Balaban J connectivity index is 1.36. The number of aliphatic imine (C=N–C) groups is 1. The summed E-state index contributed by atoms with van der Waals surface area (Å²) in [4.78, 5) is 21.6. The Kier molecular flexibility index (Phi) is 5.51. The number of carbonyl (C=O) groups excluding carboxylic acids is 1. The highest BCUT2D eigenvalue weighted by Crippen LogP contribution is 2.38. The average Bonchev–Trinajstić information content (AvgIpc) is 3.00. The maximum Gasteiger partial charge on any atom is 0.416 e. The number of ether oxygens (including phenoxy) is 1. The van der Waals surface area contributed by atoms with E-state index in [2.05, 4.69) is 4.90 Å². The Hall–Kier alpha value is -3.81. The van der Waals surface area contributed by atoms with Gasteiger partial charge in [0.1, 0.15) is 17.3 Å². The van der Waals surface area contributed by atoms with E-state index in [1.165, 1.54) is 12.1 Å². The van der Waals surface area contributed by atoms with Gasteiger partial charge in [0.25, 0.3) is 5.91 Å². The molecular formula is C26H22F3N3O2. The molecule has 5 rings (SSSR count). The van der Waals surface area contributed by atoms with E-state index in [9.17, 15) is 18.0 Å². The minimum Gasteiger partial charge on any atom is -0.454 e. The van der Waals surface area contributed by atoms with Crippen molar-refractivity contribution >= 4 is 17.4 Å². The predicted molar refractivity (Wildman–Crippen MR) is 123 cm³/mol. The number of rotatable bonds is 1. The Morgan fingerprint density at radius 1 is 0.912 bits per heavy atom. The number of aryl methyl sites for hydroxylation is 1. The van der Waals surface area contributed by atoms with Crippen LogP contribution in [0.25, 0.3) is 0 Å². The van der Waals surface area contributed by atoms with E-state index in [1.54, 1.807) is 4.90 Å². The van der Waals surface area contributed by atoms with Gasteiger partial charge in [-0.15, -0.1) is 0 Å². The number of amidine groups is 1. The molecule has 0 aromatic heterocycles. The smallest absolute Gasteiger partial charge is 0.416 e. The Bertz CT molecular complexity index is 1260. The molecule has 0 aliphatic carbocycles. The number of nitrogens with zero attached hydrogens (tertiary/aromatic N) is 3. The molecule has 0 spiro atoms. The van der Waals surface area contributed by atoms with Gasteiger partial charge in [0, 0.05) is 31.7 Å². The van der Waals surface area contributed by atoms with Crippen LogP contribution in [0.1, 0.15) is 27.0 Å². The van der Waals surface area contributed by atoms with Crippen molar-refractivity contribution in [1.82, 2.24) is 9.80 Å². The van der Waals surface area contributed by atoms with E-state index in [1.807, 2.05) is 49.4 Å². The van der Waals surface area contributed by atoms with Crippen molar-refractivity contribution in [2.45, 2.75) is 13.1 Å². The van der Waals surface area contributed by atoms with Crippen LogP contribution in [-0.2, 0) is 6.18 Å². The van der Waals surface area contributed by atoms with Gasteiger partial charge in [-0.1, -0.05) is 23.8 Å². The molecule has 0 bridgehead atoms. The fourth-order valence-electron chi connectivity index (χ4n) is 4.18. The zero-order valence-corrected chi connectivity index (χ0v) is 18.5. The topological polar surface area (TPSA) is 45.1 Å². The summed E-state index contributed by atoms with van der Waals surface area (Å²) in [5, 5.41) is 0. The van der Waals surface area contributed by atoms with Gasteiger partial charge in [-0.25, -0.2) is 4.99 Å². The molecule has 0 saturated carbocycles. The summed E-state index contributed by atoms with van der Waals surface area (Å²) in [7, 11) is 0. The minimum atomic E-state index is -4.43. The third-order valence-electron chi connectivity index (χ3n) is 6.01. The van der Waals surface area contributed by atoms with Crippen LogP contribution >= 0.6 is 0 Å². The molecule has 34 heavy (non-hydrogen) atoms. The van der Waals surface area contributed by atoms with Crippen molar-refractivity contribution in [3.63, 3.8) is 0 Å². The molecule has 0 unspecified atom stereocenters. The summed E-state index contributed by atoms with van der Waals surface area (Å²) in [5.41, 5.74) is 2.18. The lowest BCUT2D eigenvalue weighted by Gasteiger charge is -2.36. The Morgan fingerprint density at radius 2 is 1.62 bits per heavy atom. The predicted octanol–water partition coefficient (Wildman–Crippen LogP) is 5.66. The molecule has 1 amide bonds. The number of hydrogen-bond acceptors (Lipinski definition) is 4. The standard InChI is InChI=1S/C26H22F3N3O2/c1-17-6-11-22-20(16-17)24(30-21-4-2-3-5-23(21)34-22)31-12-14-32(15-13-31)25(33)18-7-9-19(10-8-18)26(27,28)29/h2-11,16H,12-15H2,1H3. The average molecular weight is 465 g/mol. The molecule has 2 heterocycles. The monoisotopic (exact) mass is 465 g/mol. The van der Waals surface area contributed by atoms with Crippen LogP contribution in [0.15, 0.2) is 71.7 Å². The van der Waals surface area contributed by atoms with Gasteiger partial charge in [0.15, 0.2) is 5.75 Å². The van der Waals surface area contributed by atoms with Crippen LogP contribution in [0.4, 0.5) is 18.9 Å². The van der Waals surface area contributed by atoms with E-state index in [0.29, 0.717) is 31.9 Å². The summed E-state index contributed by atoms with van der Waals surface area (Å²) in [6.45, 7) is 3.96. The van der Waals surface area contributed by atoms with Crippen LogP contribution in [0.3, 0.4) is 0 Å². The molecule has 1 saturated heterocycles. The van der Waals surface area contributed by atoms with Crippen molar-refractivity contribution in [3.05, 3.63) is 89.0 Å². The minimum absolute atomic E-state index is 0.247. The number of carbonyl (C=O) groups is 1. The molecule has 0 N–H and O–H groups in total. The molecule has 1 fully saturated rings. The van der Waals surface area contributed by atoms with Crippen molar-refractivity contribution in [2.24, 2.45) is 4.99 Å². The number of amides is 1. The lowest BCUT2D eigenvalue weighted by Crippen LogP contribution is -2.50. The molecule has 5 nitrogen and oxygen atoms in total. The summed E-state index contributed by atoms with van der Waals surface area (Å²) in [6.07, 6.45) is -4.43. The zero-order chi connectivity index (χ0) is 23.9. The van der Waals surface area contributed by atoms with Crippen molar-refractivity contribution in [1.29, 1.82) is 0 Å². The molecular weight excluding hydrogens is 443 g/mol. The second-order valence-corrected chi connectivity index (χ2v) is 8.36. The summed E-state index contributed by atoms with van der Waals surface area (Å²) in [6, 6.07) is 17.9. The molecule has 8 heteroatoms. The van der Waals surface area contributed by atoms with Gasteiger partial charge in [0.2, 0.25) is 0 Å². The van der Waals surface area contributed by atoms with Crippen LogP contribution in [-0.4, -0.2) is 47.7 Å². The third kappa shape index (κ3) is 4.23. The van der Waals surface area contributed by atoms with Crippen molar-refractivity contribution in [3.8, 4) is 11.5 Å². The van der Waals surface area contributed by atoms with Crippen molar-refractivity contribution < 1.29 is 22.7 Å². The summed E-state index contributed by atoms with van der Waals surface area (Å²) < 4.78 is 44.6. The fourth-order valence-corrected chi connectivity index (χ4v) is 4.18. The van der Waals surface area contributed by atoms with Gasteiger partial charge in [-0.2, -0.15) is 13.2 Å². The molecule has 174 valence electrons.